The lowest BCUT2D eigenvalue weighted by atomic mass is 10.2. The predicted octanol–water partition coefficient (Wildman–Crippen LogP) is 0.154. The van der Waals surface area contributed by atoms with Crippen LogP contribution in [0.25, 0.3) is 10.9 Å². The lowest BCUT2D eigenvalue weighted by molar-refractivity contribution is -0.917. The first-order chi connectivity index (χ1) is 13.5. The summed E-state index contributed by atoms with van der Waals surface area (Å²) in [5.74, 6) is 0.669. The maximum Gasteiger partial charge on any atom is 0.258 e. The number of nitrogens with one attached hydrogen (secondary N) is 2. The molecule has 8 heteroatoms. The second-order valence-corrected chi connectivity index (χ2v) is 9.07. The Labute approximate surface area is 163 Å². The van der Waals surface area contributed by atoms with Gasteiger partial charge in [0.2, 0.25) is 10.0 Å². The molecule has 1 aromatic heterocycles. The molecule has 4 rings (SSSR count). The molecule has 28 heavy (non-hydrogen) atoms. The van der Waals surface area contributed by atoms with Crippen molar-refractivity contribution in [2.24, 2.45) is 0 Å². The van der Waals surface area contributed by atoms with Gasteiger partial charge in [-0.15, -0.1) is 0 Å². The van der Waals surface area contributed by atoms with E-state index in [9.17, 15) is 13.2 Å². The Hall–Kier alpha value is -2.55. The van der Waals surface area contributed by atoms with Gasteiger partial charge < -0.3 is 9.88 Å². The summed E-state index contributed by atoms with van der Waals surface area (Å²) in [5, 5.41) is 0.582. The molecule has 7 nitrogen and oxygen atoms in total. The summed E-state index contributed by atoms with van der Waals surface area (Å²) in [5.41, 5.74) is 1.35. The fourth-order valence-electron chi connectivity index (χ4n) is 3.59. The van der Waals surface area contributed by atoms with E-state index in [2.05, 4.69) is 9.97 Å². The third kappa shape index (κ3) is 4.14. The van der Waals surface area contributed by atoms with E-state index in [1.165, 1.54) is 4.90 Å². The molecule has 2 aromatic carbocycles. The summed E-state index contributed by atoms with van der Waals surface area (Å²) in [6, 6.07) is 16.5. The Morgan fingerprint density at radius 1 is 1.00 bits per heavy atom. The Morgan fingerprint density at radius 2 is 1.68 bits per heavy atom. The van der Waals surface area contributed by atoms with Crippen LogP contribution in [0.5, 0.6) is 0 Å². The van der Waals surface area contributed by atoms with Gasteiger partial charge in [0.1, 0.15) is 6.54 Å². The van der Waals surface area contributed by atoms with Crippen LogP contribution in [0.4, 0.5) is 0 Å². The van der Waals surface area contributed by atoms with Gasteiger partial charge >= 0.3 is 0 Å². The van der Waals surface area contributed by atoms with E-state index >= 15 is 0 Å². The summed E-state index contributed by atoms with van der Waals surface area (Å²) < 4.78 is 26.9. The molecule has 1 fully saturated rings. The second-order valence-electron chi connectivity index (χ2n) is 7.10. The van der Waals surface area contributed by atoms with Gasteiger partial charge in [-0.1, -0.05) is 42.5 Å². The molecule has 146 valence electrons. The molecule has 1 aliphatic heterocycles. The Kier molecular flexibility index (Phi) is 5.25. The van der Waals surface area contributed by atoms with E-state index in [4.69, 9.17) is 0 Å². The number of para-hydroxylation sites is 1. The van der Waals surface area contributed by atoms with Crippen LogP contribution in [0.15, 0.2) is 59.4 Å². The lowest BCUT2D eigenvalue weighted by Gasteiger charge is -2.31. The fourth-order valence-corrected chi connectivity index (χ4v) is 5.12. The van der Waals surface area contributed by atoms with Crippen molar-refractivity contribution in [3.8, 4) is 0 Å². The van der Waals surface area contributed by atoms with Crippen LogP contribution in [0.2, 0.25) is 0 Å². The Bertz CT molecular complexity index is 1120. The summed E-state index contributed by atoms with van der Waals surface area (Å²) >= 11 is 0. The lowest BCUT2D eigenvalue weighted by Crippen LogP contribution is -3.13. The number of aromatic nitrogens is 2. The number of hydrogen-bond acceptors (Lipinski definition) is 4. The van der Waals surface area contributed by atoms with Crippen molar-refractivity contribution in [1.82, 2.24) is 14.3 Å². The van der Waals surface area contributed by atoms with Crippen LogP contribution in [0.3, 0.4) is 0 Å². The predicted molar refractivity (Wildman–Crippen MR) is 107 cm³/mol. The molecule has 0 amide bonds. The molecular weight excluding hydrogens is 376 g/mol. The van der Waals surface area contributed by atoms with Crippen LogP contribution in [-0.4, -0.2) is 48.9 Å². The molecule has 2 heterocycles. The minimum absolute atomic E-state index is 0.0305. The van der Waals surface area contributed by atoms with Crippen molar-refractivity contribution in [2.45, 2.75) is 12.3 Å². The van der Waals surface area contributed by atoms with Crippen molar-refractivity contribution in [1.29, 1.82) is 0 Å². The molecule has 1 saturated heterocycles. The molecule has 0 radical (unpaired) electrons. The molecule has 0 spiro atoms. The smallest absolute Gasteiger partial charge is 0.258 e. The zero-order chi connectivity index (χ0) is 19.6. The number of nitrogens with zero attached hydrogens (tertiary/aromatic N) is 2. The molecule has 2 N–H and O–H groups in total. The molecule has 0 atom stereocenters. The highest BCUT2D eigenvalue weighted by atomic mass is 32.2. The van der Waals surface area contributed by atoms with E-state index in [1.807, 2.05) is 48.5 Å². The van der Waals surface area contributed by atoms with Gasteiger partial charge in [0.05, 0.1) is 42.8 Å². The first kappa shape index (κ1) is 18.8. The number of H-pyrrole nitrogens is 1. The minimum atomic E-state index is -3.32. The van der Waals surface area contributed by atoms with Crippen molar-refractivity contribution < 1.29 is 13.3 Å². The number of quaternary nitrogens is 1. The first-order valence-corrected chi connectivity index (χ1v) is 11.0. The van der Waals surface area contributed by atoms with Crippen molar-refractivity contribution >= 4 is 20.9 Å². The molecule has 0 saturated carbocycles. The quantitative estimate of drug-likeness (QED) is 0.640. The second kappa shape index (κ2) is 7.83. The van der Waals surface area contributed by atoms with E-state index < -0.39 is 10.0 Å². The van der Waals surface area contributed by atoms with Crippen LogP contribution in [0, 0.1) is 0 Å². The van der Waals surface area contributed by atoms with Gasteiger partial charge in [-0.3, -0.25) is 4.79 Å². The molecule has 0 unspecified atom stereocenters. The Morgan fingerprint density at radius 3 is 2.43 bits per heavy atom. The molecule has 0 aliphatic carbocycles. The zero-order valence-corrected chi connectivity index (χ0v) is 16.3. The highest BCUT2D eigenvalue weighted by molar-refractivity contribution is 7.88. The van der Waals surface area contributed by atoms with Gasteiger partial charge in [0.25, 0.3) is 5.56 Å². The number of sulfonamides is 1. The summed E-state index contributed by atoms with van der Waals surface area (Å²) in [4.78, 5) is 20.8. The summed E-state index contributed by atoms with van der Waals surface area (Å²) in [6.45, 7) is 2.90. The number of fused-ring (bicyclic) bond motifs is 1. The van der Waals surface area contributed by atoms with E-state index in [1.54, 1.807) is 10.4 Å². The van der Waals surface area contributed by atoms with Gasteiger partial charge in [-0.2, -0.15) is 4.31 Å². The van der Waals surface area contributed by atoms with Gasteiger partial charge in [-0.25, -0.2) is 13.4 Å². The zero-order valence-electron chi connectivity index (χ0n) is 15.5. The summed E-state index contributed by atoms with van der Waals surface area (Å²) in [6.07, 6.45) is 0. The fraction of sp³-hybridized carbons (Fsp3) is 0.300. The molecule has 1 aliphatic rings. The van der Waals surface area contributed by atoms with Crippen LogP contribution in [0.1, 0.15) is 11.4 Å². The van der Waals surface area contributed by atoms with Gasteiger partial charge in [0, 0.05) is 0 Å². The number of rotatable bonds is 5. The number of hydrogen-bond donors (Lipinski definition) is 2. The average Bonchev–Trinajstić information content (AvgIpc) is 2.69. The molecule has 0 bridgehead atoms. The van der Waals surface area contributed by atoms with Gasteiger partial charge in [0.15, 0.2) is 5.82 Å². The highest BCUT2D eigenvalue weighted by Gasteiger charge is 2.29. The maximum atomic E-state index is 12.7. The minimum Gasteiger partial charge on any atom is -0.326 e. The summed E-state index contributed by atoms with van der Waals surface area (Å²) in [7, 11) is -3.32. The normalized spacial score (nSPS) is 16.4. The van der Waals surface area contributed by atoms with Crippen LogP contribution in [-0.2, 0) is 22.3 Å². The van der Waals surface area contributed by atoms with E-state index in [0.29, 0.717) is 49.5 Å². The highest BCUT2D eigenvalue weighted by Crippen LogP contribution is 2.11. The topological polar surface area (TPSA) is 87.6 Å². The number of aromatic amines is 1. The number of benzene rings is 2. The van der Waals surface area contributed by atoms with Crippen molar-refractivity contribution in [3.05, 3.63) is 76.3 Å². The molecular formula is C20H23N4O3S+. The Balaban J connectivity index is 1.40. The number of piperazine rings is 1. The third-order valence-corrected chi connectivity index (χ3v) is 6.94. The first-order valence-electron chi connectivity index (χ1n) is 9.34. The van der Waals surface area contributed by atoms with E-state index in [-0.39, 0.29) is 11.3 Å². The van der Waals surface area contributed by atoms with E-state index in [0.717, 1.165) is 5.56 Å². The monoisotopic (exact) mass is 399 g/mol. The van der Waals surface area contributed by atoms with Crippen LogP contribution >= 0.6 is 0 Å². The van der Waals surface area contributed by atoms with Crippen molar-refractivity contribution in [3.63, 3.8) is 0 Å². The standard InChI is InChI=1S/C20H22N4O3S/c25-20-17-8-4-5-9-18(17)21-19(22-20)14-23-10-12-24(13-11-23)28(26,27)15-16-6-2-1-3-7-16/h1-9H,10-15H2,(H,21,22,25)/p+1. The third-order valence-electron chi connectivity index (χ3n) is 5.09. The molecule has 3 aromatic rings. The van der Waals surface area contributed by atoms with Crippen LogP contribution < -0.4 is 10.5 Å². The van der Waals surface area contributed by atoms with Crippen molar-refractivity contribution in [2.75, 3.05) is 26.2 Å². The average molecular weight is 399 g/mol. The van der Waals surface area contributed by atoms with Gasteiger partial charge in [-0.05, 0) is 17.7 Å². The SMILES string of the molecule is O=c1[nH]c(C[NH+]2CCN(S(=O)(=O)Cc3ccccc3)CC2)nc2ccccc12. The maximum absolute atomic E-state index is 12.7. The largest absolute Gasteiger partial charge is 0.326 e.